The lowest BCUT2D eigenvalue weighted by atomic mass is 10.3. The molecule has 98 valence electrons. The van der Waals surface area contributed by atoms with E-state index in [0.29, 0.717) is 10.4 Å². The van der Waals surface area contributed by atoms with Gasteiger partial charge in [-0.2, -0.15) is 4.98 Å². The molecule has 0 bridgehead atoms. The highest BCUT2D eigenvalue weighted by molar-refractivity contribution is 9.10. The third-order valence-electron chi connectivity index (χ3n) is 2.20. The van der Waals surface area contributed by atoms with Crippen LogP contribution in [0.15, 0.2) is 34.9 Å². The van der Waals surface area contributed by atoms with E-state index in [1.807, 2.05) is 0 Å². The molecule has 0 saturated heterocycles. The van der Waals surface area contributed by atoms with Crippen molar-refractivity contribution in [2.45, 2.75) is 0 Å². The first kappa shape index (κ1) is 13.2. The predicted molar refractivity (Wildman–Crippen MR) is 72.4 cm³/mol. The maximum atomic E-state index is 10.9. The number of halogens is 1. The number of aromatic nitrogens is 2. The molecule has 0 aliphatic heterocycles. The molecule has 0 fully saturated rings. The molecular formula is C11H9BrN4O3. The number of hydrogen-bond donors (Lipinski definition) is 1. The van der Waals surface area contributed by atoms with Gasteiger partial charge in [0.15, 0.2) is 0 Å². The van der Waals surface area contributed by atoms with Gasteiger partial charge in [0, 0.05) is 25.4 Å². The fourth-order valence-corrected chi connectivity index (χ4v) is 1.80. The van der Waals surface area contributed by atoms with Crippen LogP contribution in [0.1, 0.15) is 0 Å². The highest BCUT2D eigenvalue weighted by Crippen LogP contribution is 2.37. The number of nitrogens with zero attached hydrogens (tertiary/aromatic N) is 3. The minimum atomic E-state index is -0.514. The molecule has 0 amide bonds. The van der Waals surface area contributed by atoms with Gasteiger partial charge in [-0.1, -0.05) is 6.07 Å². The Labute approximate surface area is 116 Å². The fraction of sp³-hybridized carbons (Fsp3) is 0.0909. The summed E-state index contributed by atoms with van der Waals surface area (Å²) in [5.41, 5.74) is -0.140. The first-order valence-corrected chi connectivity index (χ1v) is 6.02. The van der Waals surface area contributed by atoms with E-state index < -0.39 is 4.92 Å². The summed E-state index contributed by atoms with van der Waals surface area (Å²) in [5.74, 6) is 0.690. The smallest absolute Gasteiger partial charge is 0.312 e. The number of nitro groups is 1. The van der Waals surface area contributed by atoms with Crippen LogP contribution in [0.4, 0.5) is 11.6 Å². The summed E-state index contributed by atoms with van der Waals surface area (Å²) >= 11 is 3.22. The van der Waals surface area contributed by atoms with Gasteiger partial charge in [0.1, 0.15) is 0 Å². The molecule has 8 heteroatoms. The number of nitrogens with one attached hydrogen (secondary N) is 1. The Bertz CT molecular complexity index is 621. The predicted octanol–water partition coefficient (Wildman–Crippen LogP) is 2.98. The lowest BCUT2D eigenvalue weighted by Gasteiger charge is -2.07. The lowest BCUT2D eigenvalue weighted by molar-refractivity contribution is -0.385. The van der Waals surface area contributed by atoms with Crippen LogP contribution in [0.2, 0.25) is 0 Å². The summed E-state index contributed by atoms with van der Waals surface area (Å²) in [4.78, 5) is 18.4. The van der Waals surface area contributed by atoms with Gasteiger partial charge in [0.2, 0.25) is 17.6 Å². The highest BCUT2D eigenvalue weighted by Gasteiger charge is 2.19. The number of nitro benzene ring substituents is 1. The monoisotopic (exact) mass is 324 g/mol. The third kappa shape index (κ3) is 2.97. The van der Waals surface area contributed by atoms with E-state index in [-0.39, 0.29) is 17.3 Å². The molecular weight excluding hydrogens is 316 g/mol. The molecule has 0 atom stereocenters. The number of anilines is 1. The largest absolute Gasteiger partial charge is 0.430 e. The second-order valence-electron chi connectivity index (χ2n) is 3.42. The van der Waals surface area contributed by atoms with Crippen LogP contribution in [0.25, 0.3) is 0 Å². The summed E-state index contributed by atoms with van der Waals surface area (Å²) in [6.07, 6.45) is 1.50. The van der Waals surface area contributed by atoms with Crippen molar-refractivity contribution in [3.05, 3.63) is 45.0 Å². The Hall–Kier alpha value is -2.22. The maximum absolute atomic E-state index is 10.9. The van der Waals surface area contributed by atoms with E-state index >= 15 is 0 Å². The molecule has 0 aliphatic carbocycles. The minimum Gasteiger partial charge on any atom is -0.430 e. The summed E-state index contributed by atoms with van der Waals surface area (Å²) in [6.45, 7) is 0. The molecule has 1 aromatic carbocycles. The van der Waals surface area contributed by atoms with Crippen molar-refractivity contribution in [3.8, 4) is 11.6 Å². The zero-order valence-electron chi connectivity index (χ0n) is 9.83. The van der Waals surface area contributed by atoms with Crippen LogP contribution < -0.4 is 10.1 Å². The van der Waals surface area contributed by atoms with E-state index in [0.717, 1.165) is 0 Å². The van der Waals surface area contributed by atoms with Crippen LogP contribution in [0.5, 0.6) is 11.6 Å². The first-order chi connectivity index (χ1) is 9.11. The molecule has 1 heterocycles. The Balaban J connectivity index is 2.40. The second-order valence-corrected chi connectivity index (χ2v) is 4.27. The Morgan fingerprint density at radius 2 is 2.21 bits per heavy atom. The quantitative estimate of drug-likeness (QED) is 0.686. The van der Waals surface area contributed by atoms with E-state index in [9.17, 15) is 10.1 Å². The van der Waals surface area contributed by atoms with E-state index in [2.05, 4.69) is 31.2 Å². The van der Waals surface area contributed by atoms with Crippen LogP contribution in [0.3, 0.4) is 0 Å². The van der Waals surface area contributed by atoms with Crippen molar-refractivity contribution in [2.75, 3.05) is 12.4 Å². The van der Waals surface area contributed by atoms with Gasteiger partial charge in [-0.05, 0) is 22.0 Å². The number of benzene rings is 1. The number of para-hydroxylation sites is 1. The first-order valence-electron chi connectivity index (χ1n) is 5.23. The van der Waals surface area contributed by atoms with E-state index in [4.69, 9.17) is 4.74 Å². The molecule has 0 saturated carbocycles. The van der Waals surface area contributed by atoms with Gasteiger partial charge in [-0.15, -0.1) is 0 Å². The van der Waals surface area contributed by atoms with Gasteiger partial charge in [0.25, 0.3) is 0 Å². The Kier molecular flexibility index (Phi) is 3.91. The van der Waals surface area contributed by atoms with Gasteiger partial charge in [-0.25, -0.2) is 4.98 Å². The van der Waals surface area contributed by atoms with Gasteiger partial charge >= 0.3 is 5.69 Å². The lowest BCUT2D eigenvalue weighted by Crippen LogP contribution is -1.99. The summed E-state index contributed by atoms with van der Waals surface area (Å²) in [6, 6.07) is 6.10. The van der Waals surface area contributed by atoms with E-state index in [1.165, 1.54) is 18.3 Å². The van der Waals surface area contributed by atoms with Crippen molar-refractivity contribution in [3.63, 3.8) is 0 Å². The number of rotatable bonds is 4. The molecule has 7 nitrogen and oxygen atoms in total. The van der Waals surface area contributed by atoms with Gasteiger partial charge in [-0.3, -0.25) is 10.1 Å². The Morgan fingerprint density at radius 1 is 1.42 bits per heavy atom. The molecule has 0 spiro atoms. The molecule has 19 heavy (non-hydrogen) atoms. The summed E-state index contributed by atoms with van der Waals surface area (Å²) in [7, 11) is 1.67. The zero-order chi connectivity index (χ0) is 13.8. The summed E-state index contributed by atoms with van der Waals surface area (Å²) in [5, 5.41) is 13.7. The third-order valence-corrected chi connectivity index (χ3v) is 2.83. The molecule has 0 aliphatic rings. The Morgan fingerprint density at radius 3 is 2.89 bits per heavy atom. The van der Waals surface area contributed by atoms with Crippen molar-refractivity contribution in [1.82, 2.24) is 9.97 Å². The number of ether oxygens (including phenoxy) is 1. The van der Waals surface area contributed by atoms with Crippen molar-refractivity contribution in [2.24, 2.45) is 0 Å². The van der Waals surface area contributed by atoms with Crippen molar-refractivity contribution >= 4 is 27.6 Å². The van der Waals surface area contributed by atoms with Crippen molar-refractivity contribution in [1.29, 1.82) is 0 Å². The summed E-state index contributed by atoms with van der Waals surface area (Å²) < 4.78 is 5.94. The molecule has 1 aromatic heterocycles. The topological polar surface area (TPSA) is 90.2 Å². The van der Waals surface area contributed by atoms with E-state index in [1.54, 1.807) is 19.2 Å². The average Bonchev–Trinajstić information content (AvgIpc) is 2.41. The van der Waals surface area contributed by atoms with Crippen LogP contribution in [-0.4, -0.2) is 21.9 Å². The SMILES string of the molecule is CNc1nccc(Oc2c(Br)cccc2[N+](=O)[O-])n1. The second kappa shape index (κ2) is 5.61. The fourth-order valence-electron chi connectivity index (χ4n) is 1.37. The van der Waals surface area contributed by atoms with Gasteiger partial charge in [0.05, 0.1) is 9.40 Å². The van der Waals surface area contributed by atoms with Crippen molar-refractivity contribution < 1.29 is 9.66 Å². The average molecular weight is 325 g/mol. The maximum Gasteiger partial charge on any atom is 0.312 e. The molecule has 2 aromatic rings. The molecule has 2 rings (SSSR count). The van der Waals surface area contributed by atoms with Crippen LogP contribution in [-0.2, 0) is 0 Å². The van der Waals surface area contributed by atoms with Gasteiger partial charge < -0.3 is 10.1 Å². The molecule has 0 unspecified atom stereocenters. The standard InChI is InChI=1S/C11H9BrN4O3/c1-13-11-14-6-5-9(15-11)19-10-7(12)3-2-4-8(10)16(17)18/h2-6H,1H3,(H,13,14,15). The zero-order valence-corrected chi connectivity index (χ0v) is 11.4. The molecule has 0 radical (unpaired) electrons. The van der Waals surface area contributed by atoms with Crippen LogP contribution >= 0.6 is 15.9 Å². The highest BCUT2D eigenvalue weighted by atomic mass is 79.9. The number of hydrogen-bond acceptors (Lipinski definition) is 6. The van der Waals surface area contributed by atoms with Crippen LogP contribution in [0, 0.1) is 10.1 Å². The minimum absolute atomic E-state index is 0.105. The normalized spacial score (nSPS) is 10.0. The molecule has 1 N–H and O–H groups in total.